The van der Waals surface area contributed by atoms with Crippen LogP contribution in [0.1, 0.15) is 33.6 Å². The Kier molecular flexibility index (Phi) is 4.62. The molecule has 1 amide bonds. The van der Waals surface area contributed by atoms with Gasteiger partial charge in [0.1, 0.15) is 10.4 Å². The van der Waals surface area contributed by atoms with Gasteiger partial charge in [-0.15, -0.1) is 0 Å². The fourth-order valence-electron chi connectivity index (χ4n) is 1.18. The summed E-state index contributed by atoms with van der Waals surface area (Å²) in [6, 6.07) is 2.70. The zero-order valence-corrected chi connectivity index (χ0v) is 11.8. The summed E-state index contributed by atoms with van der Waals surface area (Å²) in [5, 5.41) is 2.64. The van der Waals surface area contributed by atoms with Gasteiger partial charge in [-0.25, -0.2) is 9.37 Å². The first-order valence-corrected chi connectivity index (χ1v) is 6.19. The second-order valence-electron chi connectivity index (χ2n) is 5.08. The summed E-state index contributed by atoms with van der Waals surface area (Å²) in [6.45, 7) is 6.23. The Morgan fingerprint density at radius 2 is 2.12 bits per heavy atom. The minimum Gasteiger partial charge on any atom is -0.311 e. The molecule has 3 nitrogen and oxygen atoms in total. The number of nitrogens with one attached hydrogen (secondary N) is 1. The van der Waals surface area contributed by atoms with E-state index in [4.69, 9.17) is 0 Å². The number of aromatic nitrogens is 1. The van der Waals surface area contributed by atoms with E-state index in [0.29, 0.717) is 12.2 Å². The lowest BCUT2D eigenvalue weighted by atomic mass is 9.90. The van der Waals surface area contributed by atoms with Crippen molar-refractivity contribution in [1.82, 2.24) is 4.98 Å². The van der Waals surface area contributed by atoms with Crippen molar-refractivity contribution in [2.45, 2.75) is 33.6 Å². The minimum absolute atomic E-state index is 0.103. The van der Waals surface area contributed by atoms with Crippen LogP contribution in [0, 0.1) is 11.2 Å². The van der Waals surface area contributed by atoms with Crippen molar-refractivity contribution < 1.29 is 9.18 Å². The van der Waals surface area contributed by atoms with E-state index in [1.54, 1.807) is 0 Å². The average molecular weight is 303 g/mol. The van der Waals surface area contributed by atoms with Gasteiger partial charge in [-0.3, -0.25) is 4.79 Å². The Labute approximate surface area is 109 Å². The van der Waals surface area contributed by atoms with Crippen LogP contribution in [-0.2, 0) is 4.79 Å². The first-order chi connectivity index (χ1) is 7.78. The van der Waals surface area contributed by atoms with Gasteiger partial charge in [-0.2, -0.15) is 0 Å². The van der Waals surface area contributed by atoms with Crippen molar-refractivity contribution in [3.05, 3.63) is 22.6 Å². The molecule has 17 heavy (non-hydrogen) atoms. The molecule has 0 fully saturated rings. The number of amides is 1. The number of nitrogens with zero attached hydrogens (tertiary/aromatic N) is 1. The predicted octanol–water partition coefficient (Wildman–Crippen LogP) is 3.75. The molecular formula is C12H16BrFN2O. The normalized spacial score (nSPS) is 11.4. The molecule has 0 bridgehead atoms. The summed E-state index contributed by atoms with van der Waals surface area (Å²) < 4.78 is 13.0. The fraction of sp³-hybridized carbons (Fsp3) is 0.500. The lowest BCUT2D eigenvalue weighted by Crippen LogP contribution is -2.16. The molecule has 1 rings (SSSR count). The number of carbonyl (C=O) groups excluding carboxylic acids is 1. The standard InChI is InChI=1S/C12H16BrFN2O/c1-12(2,3)7-6-10(17)15-9-5-4-8(14)11(13)16-9/h4-5H,6-7H2,1-3H3,(H,15,16,17). The highest BCUT2D eigenvalue weighted by Crippen LogP contribution is 2.21. The van der Waals surface area contributed by atoms with E-state index in [0.717, 1.165) is 6.42 Å². The lowest BCUT2D eigenvalue weighted by molar-refractivity contribution is -0.116. The van der Waals surface area contributed by atoms with E-state index in [1.165, 1.54) is 12.1 Å². The summed E-state index contributed by atoms with van der Waals surface area (Å²) in [4.78, 5) is 15.5. The second kappa shape index (κ2) is 5.58. The van der Waals surface area contributed by atoms with Crippen LogP contribution < -0.4 is 5.32 Å². The maximum absolute atomic E-state index is 12.9. The summed E-state index contributed by atoms with van der Waals surface area (Å²) in [5.41, 5.74) is 0.119. The molecule has 0 saturated carbocycles. The molecule has 0 aliphatic carbocycles. The van der Waals surface area contributed by atoms with Crippen LogP contribution in [0.3, 0.4) is 0 Å². The smallest absolute Gasteiger partial charge is 0.225 e. The average Bonchev–Trinajstić information content (AvgIpc) is 2.20. The van der Waals surface area contributed by atoms with Crippen molar-refractivity contribution in [2.24, 2.45) is 5.41 Å². The third-order valence-corrected chi connectivity index (χ3v) is 2.73. The van der Waals surface area contributed by atoms with Crippen molar-refractivity contribution in [3.63, 3.8) is 0 Å². The SMILES string of the molecule is CC(C)(C)CCC(=O)Nc1ccc(F)c(Br)n1. The molecule has 5 heteroatoms. The highest BCUT2D eigenvalue weighted by molar-refractivity contribution is 9.10. The third kappa shape index (κ3) is 5.26. The van der Waals surface area contributed by atoms with E-state index < -0.39 is 5.82 Å². The van der Waals surface area contributed by atoms with Crippen LogP contribution >= 0.6 is 15.9 Å². The van der Waals surface area contributed by atoms with Crippen molar-refractivity contribution >= 4 is 27.7 Å². The quantitative estimate of drug-likeness (QED) is 0.864. The topological polar surface area (TPSA) is 42.0 Å². The van der Waals surface area contributed by atoms with E-state index in [1.807, 2.05) is 0 Å². The Hall–Kier alpha value is -0.970. The molecule has 1 aromatic heterocycles. The predicted molar refractivity (Wildman–Crippen MR) is 69.2 cm³/mol. The number of hydrogen-bond acceptors (Lipinski definition) is 2. The molecular weight excluding hydrogens is 287 g/mol. The number of anilines is 1. The van der Waals surface area contributed by atoms with Gasteiger partial charge in [-0.05, 0) is 39.9 Å². The molecule has 0 aliphatic rings. The van der Waals surface area contributed by atoms with Crippen LogP contribution in [0.2, 0.25) is 0 Å². The Balaban J connectivity index is 2.54. The molecule has 94 valence electrons. The summed E-state index contributed by atoms with van der Waals surface area (Å²) in [5.74, 6) is -0.194. The maximum Gasteiger partial charge on any atom is 0.225 e. The summed E-state index contributed by atoms with van der Waals surface area (Å²) >= 11 is 2.97. The van der Waals surface area contributed by atoms with E-state index >= 15 is 0 Å². The first-order valence-electron chi connectivity index (χ1n) is 5.40. The largest absolute Gasteiger partial charge is 0.311 e. The Morgan fingerprint density at radius 1 is 1.47 bits per heavy atom. The van der Waals surface area contributed by atoms with Crippen molar-refractivity contribution in [3.8, 4) is 0 Å². The molecule has 0 aromatic carbocycles. The van der Waals surface area contributed by atoms with Gasteiger partial charge in [0.2, 0.25) is 5.91 Å². The van der Waals surface area contributed by atoms with E-state index in [2.05, 4.69) is 47.0 Å². The van der Waals surface area contributed by atoms with Gasteiger partial charge in [0.15, 0.2) is 5.82 Å². The number of hydrogen-bond donors (Lipinski definition) is 1. The van der Waals surface area contributed by atoms with E-state index in [9.17, 15) is 9.18 Å². The van der Waals surface area contributed by atoms with Gasteiger partial charge < -0.3 is 5.32 Å². The van der Waals surface area contributed by atoms with Crippen LogP contribution in [0.25, 0.3) is 0 Å². The molecule has 1 N–H and O–H groups in total. The lowest BCUT2D eigenvalue weighted by Gasteiger charge is -2.17. The van der Waals surface area contributed by atoms with Crippen molar-refractivity contribution in [2.75, 3.05) is 5.32 Å². The summed E-state index contributed by atoms with van der Waals surface area (Å²) in [7, 11) is 0. The Morgan fingerprint density at radius 3 is 2.65 bits per heavy atom. The molecule has 0 atom stereocenters. The zero-order valence-electron chi connectivity index (χ0n) is 10.2. The fourth-order valence-corrected chi connectivity index (χ4v) is 1.50. The van der Waals surface area contributed by atoms with Crippen LogP contribution in [0.4, 0.5) is 10.2 Å². The molecule has 1 heterocycles. The monoisotopic (exact) mass is 302 g/mol. The molecule has 0 aliphatic heterocycles. The van der Waals surface area contributed by atoms with Crippen LogP contribution in [0.15, 0.2) is 16.7 Å². The van der Waals surface area contributed by atoms with E-state index in [-0.39, 0.29) is 15.9 Å². The number of pyridine rings is 1. The van der Waals surface area contributed by atoms with Gasteiger partial charge in [0.05, 0.1) is 0 Å². The van der Waals surface area contributed by atoms with Gasteiger partial charge in [-0.1, -0.05) is 20.8 Å². The number of halogens is 2. The highest BCUT2D eigenvalue weighted by Gasteiger charge is 2.13. The molecule has 1 aromatic rings. The maximum atomic E-state index is 12.9. The molecule has 0 radical (unpaired) electrons. The minimum atomic E-state index is -0.447. The summed E-state index contributed by atoms with van der Waals surface area (Å²) in [6.07, 6.45) is 1.22. The highest BCUT2D eigenvalue weighted by atomic mass is 79.9. The zero-order chi connectivity index (χ0) is 13.1. The second-order valence-corrected chi connectivity index (χ2v) is 5.83. The number of rotatable bonds is 3. The van der Waals surface area contributed by atoms with Crippen molar-refractivity contribution in [1.29, 1.82) is 0 Å². The van der Waals surface area contributed by atoms with Gasteiger partial charge in [0, 0.05) is 6.42 Å². The van der Waals surface area contributed by atoms with Crippen LogP contribution in [-0.4, -0.2) is 10.9 Å². The third-order valence-electron chi connectivity index (χ3n) is 2.17. The molecule has 0 spiro atoms. The molecule has 0 unspecified atom stereocenters. The first kappa shape index (κ1) is 14.1. The number of carbonyl (C=O) groups is 1. The van der Waals surface area contributed by atoms with Gasteiger partial charge >= 0.3 is 0 Å². The van der Waals surface area contributed by atoms with Crippen LogP contribution in [0.5, 0.6) is 0 Å². The Bertz CT molecular complexity index is 415. The van der Waals surface area contributed by atoms with Gasteiger partial charge in [0.25, 0.3) is 0 Å². The molecule has 0 saturated heterocycles.